The van der Waals surface area contributed by atoms with E-state index >= 15 is 0 Å². The number of hydrogen-bond donors (Lipinski definition) is 1. The highest BCUT2D eigenvalue weighted by Crippen LogP contribution is 2.37. The molecule has 21 heavy (non-hydrogen) atoms. The number of nitrogen functional groups attached to an aromatic ring is 1. The Balaban J connectivity index is 1.82. The summed E-state index contributed by atoms with van der Waals surface area (Å²) in [6.07, 6.45) is 7.64. The number of amides is 1. The predicted octanol–water partition coefficient (Wildman–Crippen LogP) is 2.46. The minimum atomic E-state index is 0.0397. The molecule has 2 N–H and O–H groups in total. The van der Waals surface area contributed by atoms with Gasteiger partial charge in [0, 0.05) is 37.7 Å². The smallest absolute Gasteiger partial charge is 0.270 e. The van der Waals surface area contributed by atoms with Crippen LogP contribution in [0.15, 0.2) is 36.8 Å². The van der Waals surface area contributed by atoms with E-state index in [4.69, 9.17) is 5.73 Å². The average Bonchev–Trinajstić information content (AvgIpc) is 3.27. The molecule has 1 amide bonds. The van der Waals surface area contributed by atoms with Crippen LogP contribution in [0, 0.1) is 0 Å². The van der Waals surface area contributed by atoms with Crippen molar-refractivity contribution >= 4 is 11.6 Å². The van der Waals surface area contributed by atoms with Gasteiger partial charge in [-0.3, -0.25) is 9.78 Å². The number of aromatic nitrogens is 2. The summed E-state index contributed by atoms with van der Waals surface area (Å²) in [5.41, 5.74) is 8.32. The van der Waals surface area contributed by atoms with Crippen LogP contribution in [-0.2, 0) is 6.54 Å². The van der Waals surface area contributed by atoms with Crippen molar-refractivity contribution in [1.29, 1.82) is 0 Å². The zero-order chi connectivity index (χ0) is 14.8. The molecule has 0 aromatic carbocycles. The summed E-state index contributed by atoms with van der Waals surface area (Å²) < 4.78 is 2.03. The number of nitrogens with zero attached hydrogens (tertiary/aromatic N) is 3. The average molecular weight is 284 g/mol. The number of anilines is 1. The van der Waals surface area contributed by atoms with Crippen molar-refractivity contribution in [2.75, 3.05) is 12.3 Å². The zero-order valence-corrected chi connectivity index (χ0v) is 12.2. The van der Waals surface area contributed by atoms with Gasteiger partial charge >= 0.3 is 0 Å². The van der Waals surface area contributed by atoms with Gasteiger partial charge in [0.15, 0.2) is 0 Å². The number of carbonyl (C=O) groups is 1. The number of nitrogens with two attached hydrogens (primary N) is 1. The first-order valence-electron chi connectivity index (χ1n) is 7.34. The third-order valence-electron chi connectivity index (χ3n) is 3.82. The van der Waals surface area contributed by atoms with Gasteiger partial charge in [-0.2, -0.15) is 0 Å². The lowest BCUT2D eigenvalue weighted by Crippen LogP contribution is -2.31. The minimum absolute atomic E-state index is 0.0397. The molecule has 5 nitrogen and oxygen atoms in total. The molecule has 0 radical (unpaired) electrons. The molecule has 0 unspecified atom stereocenters. The maximum atomic E-state index is 12.8. The summed E-state index contributed by atoms with van der Waals surface area (Å²) in [5, 5.41) is 0. The van der Waals surface area contributed by atoms with E-state index in [9.17, 15) is 4.79 Å². The van der Waals surface area contributed by atoms with Crippen LogP contribution in [0.2, 0.25) is 0 Å². The Morgan fingerprint density at radius 2 is 2.14 bits per heavy atom. The van der Waals surface area contributed by atoms with Crippen LogP contribution >= 0.6 is 0 Å². The Morgan fingerprint density at radius 3 is 2.76 bits per heavy atom. The third-order valence-corrected chi connectivity index (χ3v) is 3.82. The highest BCUT2D eigenvalue weighted by atomic mass is 16.2. The lowest BCUT2D eigenvalue weighted by atomic mass is 10.2. The second-order valence-corrected chi connectivity index (χ2v) is 5.47. The molecule has 1 aliphatic carbocycles. The summed E-state index contributed by atoms with van der Waals surface area (Å²) in [7, 11) is 0. The molecule has 0 saturated heterocycles. The Kier molecular flexibility index (Phi) is 3.64. The fraction of sp³-hybridized carbons (Fsp3) is 0.375. The molecule has 1 saturated carbocycles. The van der Waals surface area contributed by atoms with Crippen LogP contribution < -0.4 is 5.73 Å². The molecule has 1 aliphatic rings. The standard InChI is InChI=1S/C16H20N4O/c1-2-19(10-12-5-7-18-8-6-12)16(21)15-9-13(17)11-20(15)14-3-4-14/h5-9,11,14H,2-4,10,17H2,1H3. The molecule has 1 fully saturated rings. The van der Waals surface area contributed by atoms with Crippen molar-refractivity contribution in [3.8, 4) is 0 Å². The Hall–Kier alpha value is -2.30. The monoisotopic (exact) mass is 284 g/mol. The van der Waals surface area contributed by atoms with E-state index < -0.39 is 0 Å². The quantitative estimate of drug-likeness (QED) is 0.917. The molecule has 2 aromatic rings. The maximum absolute atomic E-state index is 12.8. The van der Waals surface area contributed by atoms with Gasteiger partial charge in [-0.15, -0.1) is 0 Å². The van der Waals surface area contributed by atoms with Crippen molar-refractivity contribution in [2.45, 2.75) is 32.4 Å². The number of rotatable bonds is 5. The van der Waals surface area contributed by atoms with E-state index in [1.165, 1.54) is 0 Å². The van der Waals surface area contributed by atoms with Gasteiger partial charge in [0.05, 0.1) is 5.69 Å². The van der Waals surface area contributed by atoms with Crippen LogP contribution in [0.4, 0.5) is 5.69 Å². The van der Waals surface area contributed by atoms with Crippen LogP contribution in [-0.4, -0.2) is 26.9 Å². The van der Waals surface area contributed by atoms with E-state index in [1.54, 1.807) is 18.5 Å². The molecule has 2 aromatic heterocycles. The second kappa shape index (κ2) is 5.60. The summed E-state index contributed by atoms with van der Waals surface area (Å²) >= 11 is 0. The predicted molar refractivity (Wildman–Crippen MR) is 81.8 cm³/mol. The van der Waals surface area contributed by atoms with Gasteiger partial charge in [-0.1, -0.05) is 0 Å². The summed E-state index contributed by atoms with van der Waals surface area (Å²) in [5.74, 6) is 0.0397. The topological polar surface area (TPSA) is 64.2 Å². The third kappa shape index (κ3) is 2.91. The van der Waals surface area contributed by atoms with E-state index in [1.807, 2.05) is 34.7 Å². The fourth-order valence-corrected chi connectivity index (χ4v) is 2.52. The van der Waals surface area contributed by atoms with Gasteiger partial charge in [0.1, 0.15) is 5.69 Å². The van der Waals surface area contributed by atoms with Crippen molar-refractivity contribution in [2.24, 2.45) is 0 Å². The van der Waals surface area contributed by atoms with E-state index in [0.717, 1.165) is 18.4 Å². The van der Waals surface area contributed by atoms with E-state index in [-0.39, 0.29) is 5.91 Å². The second-order valence-electron chi connectivity index (χ2n) is 5.47. The molecule has 5 heteroatoms. The molecular formula is C16H20N4O. The number of hydrogen-bond acceptors (Lipinski definition) is 3. The summed E-state index contributed by atoms with van der Waals surface area (Å²) in [6.45, 7) is 3.25. The van der Waals surface area contributed by atoms with Crippen LogP contribution in [0.1, 0.15) is 41.9 Å². The first-order chi connectivity index (χ1) is 10.2. The van der Waals surface area contributed by atoms with Crippen LogP contribution in [0.5, 0.6) is 0 Å². The van der Waals surface area contributed by atoms with E-state index in [2.05, 4.69) is 4.98 Å². The van der Waals surface area contributed by atoms with Gasteiger partial charge in [-0.25, -0.2) is 0 Å². The van der Waals surface area contributed by atoms with Crippen molar-refractivity contribution in [3.63, 3.8) is 0 Å². The van der Waals surface area contributed by atoms with Gasteiger partial charge in [0.2, 0.25) is 0 Å². The Morgan fingerprint density at radius 1 is 1.43 bits per heavy atom. The number of pyridine rings is 1. The van der Waals surface area contributed by atoms with Crippen molar-refractivity contribution in [3.05, 3.63) is 48.0 Å². The molecule has 0 spiro atoms. The van der Waals surface area contributed by atoms with Crippen molar-refractivity contribution in [1.82, 2.24) is 14.5 Å². The minimum Gasteiger partial charge on any atom is -0.397 e. The first-order valence-corrected chi connectivity index (χ1v) is 7.34. The van der Waals surface area contributed by atoms with Crippen molar-refractivity contribution < 1.29 is 4.79 Å². The SMILES string of the molecule is CCN(Cc1ccncc1)C(=O)c1cc(N)cn1C1CC1. The number of carbonyl (C=O) groups excluding carboxylic acids is 1. The molecule has 110 valence electrons. The molecule has 3 rings (SSSR count). The zero-order valence-electron chi connectivity index (χ0n) is 12.2. The largest absolute Gasteiger partial charge is 0.397 e. The molecule has 2 heterocycles. The highest BCUT2D eigenvalue weighted by Gasteiger charge is 2.29. The molecule has 0 atom stereocenters. The summed E-state index contributed by atoms with van der Waals surface area (Å²) in [4.78, 5) is 18.6. The van der Waals surface area contributed by atoms with E-state index in [0.29, 0.717) is 30.5 Å². The first kappa shape index (κ1) is 13.7. The van der Waals surface area contributed by atoms with Gasteiger partial charge < -0.3 is 15.2 Å². The fourth-order valence-electron chi connectivity index (χ4n) is 2.52. The molecule has 0 bridgehead atoms. The Labute approximate surface area is 124 Å². The van der Waals surface area contributed by atoms with Crippen LogP contribution in [0.25, 0.3) is 0 Å². The molecule has 0 aliphatic heterocycles. The molecular weight excluding hydrogens is 264 g/mol. The lowest BCUT2D eigenvalue weighted by molar-refractivity contribution is 0.0741. The van der Waals surface area contributed by atoms with Gasteiger partial charge in [-0.05, 0) is 43.5 Å². The lowest BCUT2D eigenvalue weighted by Gasteiger charge is -2.21. The normalized spacial score (nSPS) is 14.1. The Bertz CT molecular complexity index is 631. The van der Waals surface area contributed by atoms with Gasteiger partial charge in [0.25, 0.3) is 5.91 Å². The summed E-state index contributed by atoms with van der Waals surface area (Å²) in [6, 6.07) is 6.10. The highest BCUT2D eigenvalue weighted by molar-refractivity contribution is 5.94. The van der Waals surface area contributed by atoms with Crippen LogP contribution in [0.3, 0.4) is 0 Å². The maximum Gasteiger partial charge on any atom is 0.270 e.